The lowest BCUT2D eigenvalue weighted by molar-refractivity contribution is 0.160. The lowest BCUT2D eigenvalue weighted by Crippen LogP contribution is -2.12. The zero-order chi connectivity index (χ0) is 14.4. The summed E-state index contributed by atoms with van der Waals surface area (Å²) >= 11 is 0. The van der Waals surface area contributed by atoms with Crippen LogP contribution >= 0.6 is 0 Å². The van der Waals surface area contributed by atoms with Gasteiger partial charge in [0.15, 0.2) is 0 Å². The van der Waals surface area contributed by atoms with Gasteiger partial charge in [0.05, 0.1) is 11.8 Å². The molecule has 0 bridgehead atoms. The number of rotatable bonds is 7. The number of aliphatic hydroxyl groups is 1. The van der Waals surface area contributed by atoms with Gasteiger partial charge in [0.1, 0.15) is 0 Å². The molecule has 0 fully saturated rings. The molecule has 0 spiro atoms. The van der Waals surface area contributed by atoms with E-state index in [0.29, 0.717) is 12.5 Å². The fourth-order valence-corrected chi connectivity index (χ4v) is 2.30. The Kier molecular flexibility index (Phi) is 5.36. The van der Waals surface area contributed by atoms with Crippen molar-refractivity contribution in [3.05, 3.63) is 53.9 Å². The molecule has 0 saturated carbocycles. The van der Waals surface area contributed by atoms with Crippen molar-refractivity contribution in [2.24, 2.45) is 0 Å². The highest BCUT2D eigenvalue weighted by Crippen LogP contribution is 2.11. The van der Waals surface area contributed by atoms with E-state index in [-0.39, 0.29) is 6.10 Å². The third-order valence-electron chi connectivity index (χ3n) is 3.48. The zero-order valence-electron chi connectivity index (χ0n) is 12.4. The molecule has 0 saturated heterocycles. The Bertz CT molecular complexity index is 505. The Hall–Kier alpha value is -1.61. The van der Waals surface area contributed by atoms with Gasteiger partial charge in [0, 0.05) is 18.7 Å². The minimum Gasteiger partial charge on any atom is -0.393 e. The first-order valence-electron chi connectivity index (χ1n) is 7.41. The second-order valence-electron chi connectivity index (χ2n) is 5.62. The van der Waals surface area contributed by atoms with Gasteiger partial charge < -0.3 is 5.11 Å². The van der Waals surface area contributed by atoms with Crippen LogP contribution in [0.4, 0.5) is 0 Å². The number of benzene rings is 1. The molecule has 0 aliphatic rings. The number of aryl methyl sites for hydroxylation is 1. The largest absolute Gasteiger partial charge is 0.393 e. The van der Waals surface area contributed by atoms with E-state index in [2.05, 4.69) is 43.2 Å². The number of aromatic nitrogens is 2. The van der Waals surface area contributed by atoms with E-state index in [4.69, 9.17) is 0 Å². The quantitative estimate of drug-likeness (QED) is 0.839. The fourth-order valence-electron chi connectivity index (χ4n) is 2.30. The molecule has 0 aliphatic carbocycles. The van der Waals surface area contributed by atoms with E-state index in [1.807, 2.05) is 23.0 Å². The van der Waals surface area contributed by atoms with E-state index in [0.717, 1.165) is 25.0 Å². The number of nitrogens with zero attached hydrogens (tertiary/aromatic N) is 2. The number of hydrogen-bond acceptors (Lipinski definition) is 2. The zero-order valence-corrected chi connectivity index (χ0v) is 12.4. The van der Waals surface area contributed by atoms with Gasteiger partial charge in [-0.2, -0.15) is 5.10 Å². The molecule has 1 unspecified atom stereocenters. The van der Waals surface area contributed by atoms with Crippen LogP contribution < -0.4 is 0 Å². The van der Waals surface area contributed by atoms with Crippen molar-refractivity contribution in [3.63, 3.8) is 0 Å². The van der Waals surface area contributed by atoms with Gasteiger partial charge in [0.2, 0.25) is 0 Å². The van der Waals surface area contributed by atoms with Gasteiger partial charge in [-0.3, -0.25) is 4.68 Å². The summed E-state index contributed by atoms with van der Waals surface area (Å²) in [5, 5.41) is 14.6. The highest BCUT2D eigenvalue weighted by molar-refractivity contribution is 5.14. The molecule has 3 heteroatoms. The standard InChI is InChI=1S/C17H24N2O/c1-14(2)19-12-11-16(18-19)13-17(20)10-6-9-15-7-4-3-5-8-15/h3-5,7-8,11-12,14,17,20H,6,9-10,13H2,1-2H3. The van der Waals surface area contributed by atoms with Crippen molar-refractivity contribution in [2.75, 3.05) is 0 Å². The summed E-state index contributed by atoms with van der Waals surface area (Å²) in [6.07, 6.45) is 5.19. The van der Waals surface area contributed by atoms with Crippen LogP contribution in [0.5, 0.6) is 0 Å². The summed E-state index contributed by atoms with van der Waals surface area (Å²) in [6.45, 7) is 4.21. The highest BCUT2D eigenvalue weighted by Gasteiger charge is 2.09. The van der Waals surface area contributed by atoms with Crippen molar-refractivity contribution >= 4 is 0 Å². The van der Waals surface area contributed by atoms with Gasteiger partial charge in [-0.15, -0.1) is 0 Å². The first-order chi connectivity index (χ1) is 9.65. The SMILES string of the molecule is CC(C)n1ccc(CC(O)CCCc2ccccc2)n1. The van der Waals surface area contributed by atoms with Crippen LogP contribution in [-0.2, 0) is 12.8 Å². The summed E-state index contributed by atoms with van der Waals surface area (Å²) in [5.74, 6) is 0. The summed E-state index contributed by atoms with van der Waals surface area (Å²) in [4.78, 5) is 0. The van der Waals surface area contributed by atoms with Gasteiger partial charge in [0.25, 0.3) is 0 Å². The van der Waals surface area contributed by atoms with E-state index in [1.54, 1.807) is 0 Å². The first-order valence-corrected chi connectivity index (χ1v) is 7.41. The molecule has 2 rings (SSSR count). The maximum atomic E-state index is 10.1. The Morgan fingerprint density at radius 2 is 1.90 bits per heavy atom. The van der Waals surface area contributed by atoms with Gasteiger partial charge in [-0.25, -0.2) is 0 Å². The molecule has 1 aromatic heterocycles. The van der Waals surface area contributed by atoms with Crippen molar-refractivity contribution in [2.45, 2.75) is 51.7 Å². The van der Waals surface area contributed by atoms with Crippen LogP contribution in [0.15, 0.2) is 42.6 Å². The van der Waals surface area contributed by atoms with Crippen molar-refractivity contribution < 1.29 is 5.11 Å². The molecule has 20 heavy (non-hydrogen) atoms. The molecular weight excluding hydrogens is 248 g/mol. The fraction of sp³-hybridized carbons (Fsp3) is 0.471. The second kappa shape index (κ2) is 7.25. The van der Waals surface area contributed by atoms with Gasteiger partial charge >= 0.3 is 0 Å². The number of aliphatic hydroxyl groups excluding tert-OH is 1. The summed E-state index contributed by atoms with van der Waals surface area (Å²) < 4.78 is 1.94. The predicted octanol–water partition coefficient (Wildman–Crippen LogP) is 3.39. The van der Waals surface area contributed by atoms with Crippen molar-refractivity contribution in [3.8, 4) is 0 Å². The monoisotopic (exact) mass is 272 g/mol. The smallest absolute Gasteiger partial charge is 0.0650 e. The lowest BCUT2D eigenvalue weighted by Gasteiger charge is -2.09. The topological polar surface area (TPSA) is 38.0 Å². The molecule has 0 amide bonds. The molecule has 3 nitrogen and oxygen atoms in total. The van der Waals surface area contributed by atoms with Crippen LogP contribution in [-0.4, -0.2) is 21.0 Å². The molecule has 108 valence electrons. The summed E-state index contributed by atoms with van der Waals surface area (Å²) in [7, 11) is 0. The molecule has 1 heterocycles. The maximum Gasteiger partial charge on any atom is 0.0650 e. The first kappa shape index (κ1) is 14.8. The average molecular weight is 272 g/mol. The maximum absolute atomic E-state index is 10.1. The van der Waals surface area contributed by atoms with Crippen molar-refractivity contribution in [1.82, 2.24) is 9.78 Å². The molecule has 0 aliphatic heterocycles. The Morgan fingerprint density at radius 1 is 1.15 bits per heavy atom. The second-order valence-corrected chi connectivity index (χ2v) is 5.62. The summed E-state index contributed by atoms with van der Waals surface area (Å²) in [6, 6.07) is 12.8. The van der Waals surface area contributed by atoms with E-state index < -0.39 is 0 Å². The molecule has 1 aromatic carbocycles. The number of hydrogen-bond donors (Lipinski definition) is 1. The van der Waals surface area contributed by atoms with E-state index >= 15 is 0 Å². The highest BCUT2D eigenvalue weighted by atomic mass is 16.3. The van der Waals surface area contributed by atoms with Crippen molar-refractivity contribution in [1.29, 1.82) is 0 Å². The van der Waals surface area contributed by atoms with Crippen LogP contribution in [0.2, 0.25) is 0 Å². The normalized spacial score (nSPS) is 12.8. The van der Waals surface area contributed by atoms with E-state index in [9.17, 15) is 5.11 Å². The molecule has 0 radical (unpaired) electrons. The third-order valence-corrected chi connectivity index (χ3v) is 3.48. The summed E-state index contributed by atoms with van der Waals surface area (Å²) in [5.41, 5.74) is 2.31. The van der Waals surface area contributed by atoms with E-state index in [1.165, 1.54) is 5.56 Å². The molecule has 2 aromatic rings. The van der Waals surface area contributed by atoms with Crippen LogP contribution in [0.25, 0.3) is 0 Å². The lowest BCUT2D eigenvalue weighted by atomic mass is 10.0. The third kappa shape index (κ3) is 4.49. The average Bonchev–Trinajstić information content (AvgIpc) is 2.88. The predicted molar refractivity (Wildman–Crippen MR) is 81.7 cm³/mol. The molecular formula is C17H24N2O. The van der Waals surface area contributed by atoms with Gasteiger partial charge in [-0.05, 0) is 44.7 Å². The van der Waals surface area contributed by atoms with Crippen LogP contribution in [0.3, 0.4) is 0 Å². The Labute approximate surface area is 121 Å². The minimum absolute atomic E-state index is 0.297. The van der Waals surface area contributed by atoms with Crippen LogP contribution in [0.1, 0.15) is 44.0 Å². The Balaban J connectivity index is 1.73. The van der Waals surface area contributed by atoms with Gasteiger partial charge in [-0.1, -0.05) is 30.3 Å². The molecule has 1 atom stereocenters. The molecule has 1 N–H and O–H groups in total. The Morgan fingerprint density at radius 3 is 2.55 bits per heavy atom. The minimum atomic E-state index is -0.297. The van der Waals surface area contributed by atoms with Crippen LogP contribution in [0, 0.1) is 0 Å².